The normalized spacial score (nSPS) is 17.6. The topological polar surface area (TPSA) is 295 Å². The van der Waals surface area contributed by atoms with Crippen LogP contribution in [0.2, 0.25) is 0 Å². The van der Waals surface area contributed by atoms with Crippen molar-refractivity contribution in [1.29, 1.82) is 0 Å². The molecule has 0 unspecified atom stereocenters. The molecule has 0 aliphatic rings. The van der Waals surface area contributed by atoms with Crippen molar-refractivity contribution in [2.75, 3.05) is 42.6 Å². The molecule has 3 amide bonds. The van der Waals surface area contributed by atoms with Gasteiger partial charge in [-0.1, -0.05) is 53.7 Å². The maximum absolute atomic E-state index is 13.9. The average molecular weight is 978 g/mol. The van der Waals surface area contributed by atoms with Crippen molar-refractivity contribution in [3.63, 3.8) is 0 Å². The zero-order chi connectivity index (χ0) is 52.0. The zero-order valence-electron chi connectivity index (χ0n) is 42.1. The Hall–Kier alpha value is -5.48. The van der Waals surface area contributed by atoms with Gasteiger partial charge in [0.15, 0.2) is 5.69 Å². The number of rotatable bonds is 34. The van der Waals surface area contributed by atoms with Gasteiger partial charge in [-0.3, -0.25) is 19.2 Å². The first-order chi connectivity index (χ1) is 32.6. The molecule has 388 valence electrons. The SMILES string of the molecule is COC(=O)/C=C/C[C@H](OC)[C@@H](C)[C@H](C[C@H](OC)[C@@H](C)CCC(=O)[C@H](C)[C@H](OC)[C@H](C)/C=C/N(C)C=O)OC(=O)C[C@H](C[C@H](C)C[C@H](O)[C@H](C)[C@@H](OC)c1coc(-c2coc(C(N)=O)n2)n1)OC(N)=O. The summed E-state index contributed by atoms with van der Waals surface area (Å²) < 4.78 is 50.1. The van der Waals surface area contributed by atoms with Gasteiger partial charge in [-0.05, 0) is 37.5 Å². The molecule has 5 N–H and O–H groups in total. The second-order valence-corrected chi connectivity index (χ2v) is 17.7. The molecule has 21 heteroatoms. The summed E-state index contributed by atoms with van der Waals surface area (Å²) in [5, 5.41) is 11.4. The van der Waals surface area contributed by atoms with Crippen LogP contribution in [0.1, 0.15) is 109 Å². The number of aliphatic hydroxyl groups excluding tert-OH is 1. The summed E-state index contributed by atoms with van der Waals surface area (Å²) >= 11 is 0. The van der Waals surface area contributed by atoms with E-state index in [0.717, 1.165) is 0 Å². The Balaban J connectivity index is 2.25. The van der Waals surface area contributed by atoms with Crippen LogP contribution in [0, 0.1) is 35.5 Å². The number of oxazole rings is 2. The summed E-state index contributed by atoms with van der Waals surface area (Å²) in [5.74, 6) is -4.51. The predicted octanol–water partition coefficient (Wildman–Crippen LogP) is 5.35. The lowest BCUT2D eigenvalue weighted by Gasteiger charge is -2.34. The molecule has 0 radical (unpaired) electrons. The van der Waals surface area contributed by atoms with Gasteiger partial charge in [0.05, 0.1) is 37.9 Å². The van der Waals surface area contributed by atoms with Gasteiger partial charge >= 0.3 is 23.9 Å². The van der Waals surface area contributed by atoms with Gasteiger partial charge in [-0.15, -0.1) is 0 Å². The van der Waals surface area contributed by atoms with Crippen molar-refractivity contribution < 1.29 is 75.9 Å². The molecule has 0 fully saturated rings. The maximum atomic E-state index is 13.9. The van der Waals surface area contributed by atoms with Crippen LogP contribution in [0.4, 0.5) is 4.79 Å². The highest BCUT2D eigenvalue weighted by Gasteiger charge is 2.36. The number of carbonyl (C=O) groups is 6. The number of amides is 3. The molecule has 2 heterocycles. The van der Waals surface area contributed by atoms with Gasteiger partial charge in [-0.2, -0.15) is 4.98 Å². The Labute approximate surface area is 404 Å². The van der Waals surface area contributed by atoms with E-state index in [0.29, 0.717) is 18.5 Å². The number of aromatic nitrogens is 2. The molecule has 0 spiro atoms. The van der Waals surface area contributed by atoms with Crippen LogP contribution in [0.3, 0.4) is 0 Å². The number of ether oxygens (including phenoxy) is 7. The number of aliphatic hydroxyl groups is 1. The minimum absolute atomic E-state index is 0.00824. The summed E-state index contributed by atoms with van der Waals surface area (Å²) in [4.78, 5) is 83.6. The Bertz CT molecular complexity index is 1970. The van der Waals surface area contributed by atoms with Crippen LogP contribution < -0.4 is 11.5 Å². The molecule has 0 aliphatic carbocycles. The van der Waals surface area contributed by atoms with Crippen molar-refractivity contribution in [2.24, 2.45) is 47.0 Å². The highest BCUT2D eigenvalue weighted by molar-refractivity contribution is 5.88. The van der Waals surface area contributed by atoms with Crippen molar-refractivity contribution in [2.45, 2.75) is 129 Å². The number of ketones is 1. The fraction of sp³-hybridized carbons (Fsp3) is 0.667. The highest BCUT2D eigenvalue weighted by Crippen LogP contribution is 2.33. The summed E-state index contributed by atoms with van der Waals surface area (Å²) in [6, 6.07) is 0. The number of primary amides is 2. The van der Waals surface area contributed by atoms with Crippen molar-refractivity contribution in [3.8, 4) is 11.6 Å². The minimum atomic E-state index is -1.10. The minimum Gasteiger partial charge on any atom is -0.466 e. The second-order valence-electron chi connectivity index (χ2n) is 17.7. The van der Waals surface area contributed by atoms with Crippen LogP contribution in [-0.2, 0) is 52.3 Å². The zero-order valence-corrected chi connectivity index (χ0v) is 42.1. The van der Waals surface area contributed by atoms with E-state index in [9.17, 15) is 33.9 Å². The summed E-state index contributed by atoms with van der Waals surface area (Å²) in [6.07, 6.45) is 4.49. The molecule has 21 nitrogen and oxygen atoms in total. The fourth-order valence-corrected chi connectivity index (χ4v) is 8.29. The summed E-state index contributed by atoms with van der Waals surface area (Å²) in [6.45, 7) is 11.1. The van der Waals surface area contributed by atoms with Crippen LogP contribution >= 0.6 is 0 Å². The van der Waals surface area contributed by atoms with Gasteiger partial charge in [0.2, 0.25) is 12.3 Å². The van der Waals surface area contributed by atoms with Gasteiger partial charge in [0.1, 0.15) is 42.3 Å². The molecule has 2 aromatic rings. The Morgan fingerprint density at radius 3 is 2.07 bits per heavy atom. The monoisotopic (exact) mass is 978 g/mol. The van der Waals surface area contributed by atoms with E-state index in [-0.39, 0.29) is 79.5 Å². The molecule has 69 heavy (non-hydrogen) atoms. The molecule has 2 aromatic heterocycles. The van der Waals surface area contributed by atoms with Gasteiger partial charge in [-0.25, -0.2) is 14.6 Å². The number of esters is 2. The van der Waals surface area contributed by atoms with E-state index in [1.54, 1.807) is 40.5 Å². The number of methoxy groups -OCH3 is 5. The Kier molecular flexibility index (Phi) is 26.1. The number of nitrogens with zero attached hydrogens (tertiary/aromatic N) is 3. The van der Waals surface area contributed by atoms with E-state index in [2.05, 4.69) is 9.97 Å². The smallest absolute Gasteiger partial charge is 0.404 e. The quantitative estimate of drug-likeness (QED) is 0.0345. The lowest BCUT2D eigenvalue weighted by atomic mass is 9.84. The van der Waals surface area contributed by atoms with Crippen molar-refractivity contribution in [3.05, 3.63) is 48.5 Å². The maximum Gasteiger partial charge on any atom is 0.404 e. The average Bonchev–Trinajstić information content (AvgIpc) is 4.01. The molecule has 0 aliphatic heterocycles. The van der Waals surface area contributed by atoms with Crippen LogP contribution in [0.25, 0.3) is 11.6 Å². The molecular weight excluding hydrogens is 903 g/mol. The molecule has 0 saturated carbocycles. The Morgan fingerprint density at radius 1 is 0.826 bits per heavy atom. The number of hydrogen-bond donors (Lipinski definition) is 3. The number of carbonyl (C=O) groups excluding carboxylic acids is 6. The van der Waals surface area contributed by atoms with Crippen molar-refractivity contribution >= 4 is 36.1 Å². The molecule has 2 rings (SSSR count). The van der Waals surface area contributed by atoms with Crippen LogP contribution in [0.5, 0.6) is 0 Å². The lowest BCUT2D eigenvalue weighted by molar-refractivity contribution is -0.160. The first kappa shape index (κ1) is 59.6. The third-order valence-corrected chi connectivity index (χ3v) is 12.5. The third kappa shape index (κ3) is 19.4. The Morgan fingerprint density at radius 2 is 1.51 bits per heavy atom. The number of hydrogen-bond acceptors (Lipinski definition) is 18. The highest BCUT2D eigenvalue weighted by atomic mass is 16.6. The fourth-order valence-electron chi connectivity index (χ4n) is 8.29. The van der Waals surface area contributed by atoms with Gasteiger partial charge in [0.25, 0.3) is 5.89 Å². The summed E-state index contributed by atoms with van der Waals surface area (Å²) in [7, 11) is 8.93. The van der Waals surface area contributed by atoms with Crippen LogP contribution in [-0.4, -0.2) is 135 Å². The second kappa shape index (κ2) is 30.2. The first-order valence-electron chi connectivity index (χ1n) is 22.9. The predicted molar refractivity (Wildman–Crippen MR) is 249 cm³/mol. The summed E-state index contributed by atoms with van der Waals surface area (Å²) in [5.41, 5.74) is 11.2. The van der Waals surface area contributed by atoms with E-state index in [4.69, 9.17) is 53.5 Å². The molecule has 13 atom stereocenters. The number of nitrogens with two attached hydrogens (primary N) is 2. The molecular formula is C48H75N5O16. The molecule has 0 saturated heterocycles. The number of Topliss-reactive ketones (excluding diaryl/α,β-unsaturated/α-hetero) is 1. The standard InChI is InChI=1S/C48H75N5O16/c1-27(21-37(56)31(5)44(65-12)34-24-66-46(51-34)35-25-67-47(52-35)45(49)59)20-33(68-48(50)60)22-42(58)69-40(32(6)38(61-8)14-13-15-41(57)63-10)23-39(62-9)28(2)16-17-36(55)30(4)43(64-11)29(3)18-19-53(7)26-54/h13,15,18-19,24-33,37-40,43-44,56H,14,16-17,20-23H2,1-12H3,(H2,49,59)(H2,50,60)/b15-13+,19-18+/t27-,28-,29+,30-,31-,32+,33-,37-,38-,39-,40-,43+,44+/m0/s1. The first-order valence-corrected chi connectivity index (χ1v) is 22.9. The third-order valence-electron chi connectivity index (χ3n) is 12.5. The van der Waals surface area contributed by atoms with E-state index in [1.165, 1.54) is 44.8 Å². The largest absolute Gasteiger partial charge is 0.466 e. The molecule has 0 bridgehead atoms. The lowest BCUT2D eigenvalue weighted by Crippen LogP contribution is -2.39. The van der Waals surface area contributed by atoms with Gasteiger partial charge in [0, 0.05) is 84.3 Å². The van der Waals surface area contributed by atoms with Crippen LogP contribution in [0.15, 0.2) is 45.8 Å². The molecule has 0 aromatic carbocycles. The van der Waals surface area contributed by atoms with E-state index < -0.39 is 84.4 Å². The van der Waals surface area contributed by atoms with E-state index in [1.807, 2.05) is 40.7 Å². The van der Waals surface area contributed by atoms with Gasteiger partial charge < -0.3 is 63.5 Å². The van der Waals surface area contributed by atoms with E-state index >= 15 is 0 Å². The van der Waals surface area contributed by atoms with Crippen molar-refractivity contribution in [1.82, 2.24) is 14.9 Å².